The summed E-state index contributed by atoms with van der Waals surface area (Å²) in [6, 6.07) is 11.5. The van der Waals surface area contributed by atoms with Crippen LogP contribution < -0.4 is 20.2 Å². The number of ether oxygens (including phenoxy) is 2. The molecule has 15 heteroatoms. The number of aromatic nitrogens is 4. The first-order chi connectivity index (χ1) is 21.6. The van der Waals surface area contributed by atoms with Crippen LogP contribution in [0.25, 0.3) is 21.9 Å². The largest absolute Gasteiger partial charge is 0.464 e. The molecule has 0 radical (unpaired) electrons. The molecule has 0 amide bonds. The molecule has 2 aromatic carbocycles. The first-order valence-corrected chi connectivity index (χ1v) is 16.5. The SMILES string of the molecule is C[C@H](N[P@](=O)(OC[C@]1(F)C[C@H](C)[C@H](n2cnc3c(N(C)C)nc(N)nc32)O1)Oc1cccc2ccccc12)C(=O)OCC(C)(C)C. The average Bonchev–Trinajstić information content (AvgIpc) is 3.53. The van der Waals surface area contributed by atoms with Crippen LogP contribution in [-0.2, 0) is 23.4 Å². The number of carbonyl (C=O) groups excluding carboxylic acids is 1. The molecule has 3 N–H and O–H groups in total. The van der Waals surface area contributed by atoms with Gasteiger partial charge in [-0.1, -0.05) is 64.1 Å². The van der Waals surface area contributed by atoms with Gasteiger partial charge in [-0.3, -0.25) is 13.9 Å². The lowest BCUT2D eigenvalue weighted by atomic mass is 9.99. The maximum Gasteiger partial charge on any atom is 0.459 e. The van der Waals surface area contributed by atoms with Crippen LogP contribution in [0.4, 0.5) is 16.2 Å². The van der Waals surface area contributed by atoms with Crippen molar-refractivity contribution in [3.8, 4) is 5.75 Å². The predicted octanol–water partition coefficient (Wildman–Crippen LogP) is 5.62. The standard InChI is InChI=1S/C31H41FN7O6P/c1-19-15-31(32,44-27(19)39-18-34-24-25(38(6)7)35-29(33)36-26(24)39)17-43-46(41,37-20(2)28(40)42-16-30(3,4)5)45-23-14-10-12-21-11-8-9-13-22(21)23/h8-14,18-20,27H,15-17H2,1-7H3,(H,37,41)(H2,33,35,36)/t19-,20-,27+,31-,46-/m0/s1. The third kappa shape index (κ3) is 7.41. The number of nitrogens with two attached hydrogens (primary N) is 1. The number of fused-ring (bicyclic) bond motifs is 2. The van der Waals surface area contributed by atoms with Crippen molar-refractivity contribution >= 4 is 47.4 Å². The molecule has 3 heterocycles. The summed E-state index contributed by atoms with van der Waals surface area (Å²) in [4.78, 5) is 27.6. The monoisotopic (exact) mass is 657 g/mol. The van der Waals surface area contributed by atoms with Crippen molar-refractivity contribution in [1.82, 2.24) is 24.6 Å². The number of alkyl halides is 1. The van der Waals surface area contributed by atoms with Gasteiger partial charge >= 0.3 is 13.7 Å². The Morgan fingerprint density at radius 2 is 1.96 bits per heavy atom. The number of hydrogen-bond acceptors (Lipinski definition) is 11. The highest BCUT2D eigenvalue weighted by Gasteiger charge is 2.49. The molecule has 0 spiro atoms. The third-order valence-corrected chi connectivity index (χ3v) is 8.94. The molecule has 4 aromatic rings. The fraction of sp³-hybridized carbons (Fsp3) is 0.484. The quantitative estimate of drug-likeness (QED) is 0.152. The van der Waals surface area contributed by atoms with Crippen LogP contribution in [-0.4, -0.2) is 64.7 Å². The smallest absolute Gasteiger partial charge is 0.459 e. The minimum absolute atomic E-state index is 0.0335. The van der Waals surface area contributed by atoms with Gasteiger partial charge in [0.1, 0.15) is 24.6 Å². The highest BCUT2D eigenvalue weighted by Crippen LogP contribution is 2.50. The zero-order chi connectivity index (χ0) is 33.4. The molecule has 0 unspecified atom stereocenters. The van der Waals surface area contributed by atoms with Crippen LogP contribution in [0.3, 0.4) is 0 Å². The zero-order valence-electron chi connectivity index (χ0n) is 27.1. The molecule has 248 valence electrons. The number of benzene rings is 2. The van der Waals surface area contributed by atoms with Crippen LogP contribution in [0.15, 0.2) is 48.8 Å². The molecular weight excluding hydrogens is 616 g/mol. The van der Waals surface area contributed by atoms with Gasteiger partial charge in [0.05, 0.1) is 12.9 Å². The second-order valence-corrected chi connectivity index (χ2v) is 14.7. The summed E-state index contributed by atoms with van der Waals surface area (Å²) in [5.41, 5.74) is 6.54. The molecule has 1 saturated heterocycles. The molecule has 1 aliphatic rings. The number of nitrogens with zero attached hydrogens (tertiary/aromatic N) is 5. The number of esters is 1. The highest BCUT2D eigenvalue weighted by atomic mass is 31.2. The Morgan fingerprint density at radius 3 is 2.67 bits per heavy atom. The fourth-order valence-corrected chi connectivity index (χ4v) is 6.72. The lowest BCUT2D eigenvalue weighted by molar-refractivity contribution is -0.173. The van der Waals surface area contributed by atoms with Gasteiger partial charge in [-0.15, -0.1) is 0 Å². The van der Waals surface area contributed by atoms with Crippen molar-refractivity contribution in [3.63, 3.8) is 0 Å². The van der Waals surface area contributed by atoms with E-state index in [4.69, 9.17) is 24.3 Å². The van der Waals surface area contributed by atoms with Gasteiger partial charge in [0.25, 0.3) is 0 Å². The van der Waals surface area contributed by atoms with Crippen molar-refractivity contribution in [2.45, 2.75) is 59.2 Å². The highest BCUT2D eigenvalue weighted by molar-refractivity contribution is 7.52. The maximum absolute atomic E-state index is 16.4. The van der Waals surface area contributed by atoms with Crippen molar-refractivity contribution in [2.75, 3.05) is 37.9 Å². The maximum atomic E-state index is 16.4. The molecule has 13 nitrogen and oxygen atoms in total. The molecule has 1 aliphatic heterocycles. The Hall–Kier alpha value is -3.84. The number of anilines is 2. The van der Waals surface area contributed by atoms with Gasteiger partial charge in [-0.05, 0) is 23.8 Å². The van der Waals surface area contributed by atoms with E-state index in [1.54, 1.807) is 41.8 Å². The Labute approximate surface area is 267 Å². The van der Waals surface area contributed by atoms with Gasteiger partial charge in [-0.25, -0.2) is 13.9 Å². The molecule has 0 aliphatic carbocycles. The van der Waals surface area contributed by atoms with Crippen molar-refractivity contribution in [3.05, 3.63) is 48.8 Å². The summed E-state index contributed by atoms with van der Waals surface area (Å²) in [6.07, 6.45) is 0.566. The summed E-state index contributed by atoms with van der Waals surface area (Å²) in [5, 5.41) is 4.13. The van der Waals surface area contributed by atoms with Crippen LogP contribution in [0.2, 0.25) is 0 Å². The van der Waals surface area contributed by atoms with Crippen LogP contribution in [0, 0.1) is 11.3 Å². The molecule has 46 heavy (non-hydrogen) atoms. The number of rotatable bonds is 11. The number of nitrogens with one attached hydrogen (secondary N) is 1. The van der Waals surface area contributed by atoms with Gasteiger partial charge in [0, 0.05) is 31.8 Å². The Morgan fingerprint density at radius 1 is 1.24 bits per heavy atom. The number of imidazole rings is 1. The zero-order valence-corrected chi connectivity index (χ0v) is 28.0. The second-order valence-electron chi connectivity index (χ2n) is 13.1. The summed E-state index contributed by atoms with van der Waals surface area (Å²) < 4.78 is 55.4. The fourth-order valence-electron chi connectivity index (χ4n) is 5.18. The summed E-state index contributed by atoms with van der Waals surface area (Å²) in [7, 11) is -0.806. The molecule has 0 bridgehead atoms. The van der Waals surface area contributed by atoms with Gasteiger partial charge in [0.2, 0.25) is 11.8 Å². The van der Waals surface area contributed by atoms with Crippen molar-refractivity contribution in [2.24, 2.45) is 11.3 Å². The van der Waals surface area contributed by atoms with Crippen LogP contribution >= 0.6 is 7.75 Å². The molecule has 5 atom stereocenters. The minimum atomic E-state index is -4.41. The Balaban J connectivity index is 1.39. The van der Waals surface area contributed by atoms with Gasteiger partial charge < -0.3 is 24.6 Å². The summed E-state index contributed by atoms with van der Waals surface area (Å²) in [6.45, 7) is 8.42. The van der Waals surface area contributed by atoms with E-state index >= 15 is 4.39 Å². The molecule has 5 rings (SSSR count). The minimum Gasteiger partial charge on any atom is -0.464 e. The first kappa shape index (κ1) is 33.5. The number of halogens is 1. The van der Waals surface area contributed by atoms with E-state index in [1.165, 1.54) is 13.3 Å². The van der Waals surface area contributed by atoms with E-state index in [1.807, 2.05) is 52.0 Å². The lowest BCUT2D eigenvalue weighted by Gasteiger charge is -2.27. The normalized spacial score (nSPS) is 22.1. The summed E-state index contributed by atoms with van der Waals surface area (Å²) >= 11 is 0. The molecular formula is C31H41FN7O6P. The van der Waals surface area contributed by atoms with E-state index in [0.29, 0.717) is 22.4 Å². The van der Waals surface area contributed by atoms with E-state index in [2.05, 4.69) is 20.0 Å². The molecule has 2 aromatic heterocycles. The van der Waals surface area contributed by atoms with E-state index in [-0.39, 0.29) is 36.1 Å². The molecule has 1 fully saturated rings. The third-order valence-electron chi connectivity index (χ3n) is 7.33. The summed E-state index contributed by atoms with van der Waals surface area (Å²) in [5.74, 6) is -2.64. The Bertz CT molecular complexity index is 1770. The number of nitrogen functional groups attached to an aromatic ring is 1. The van der Waals surface area contributed by atoms with E-state index < -0.39 is 38.4 Å². The average molecular weight is 658 g/mol. The number of hydrogen-bond donors (Lipinski definition) is 2. The predicted molar refractivity (Wildman–Crippen MR) is 173 cm³/mol. The van der Waals surface area contributed by atoms with Crippen LogP contribution in [0.5, 0.6) is 5.75 Å². The van der Waals surface area contributed by atoms with Crippen molar-refractivity contribution in [1.29, 1.82) is 0 Å². The van der Waals surface area contributed by atoms with E-state index in [9.17, 15) is 9.36 Å². The lowest BCUT2D eigenvalue weighted by Crippen LogP contribution is -2.38. The number of carbonyl (C=O) groups is 1. The second kappa shape index (κ2) is 12.7. The first-order valence-electron chi connectivity index (χ1n) is 15.0. The van der Waals surface area contributed by atoms with Gasteiger partial charge in [-0.2, -0.15) is 15.1 Å². The Kier molecular flexibility index (Phi) is 9.29. The molecule has 0 saturated carbocycles. The van der Waals surface area contributed by atoms with E-state index in [0.717, 1.165) is 5.39 Å². The van der Waals surface area contributed by atoms with Gasteiger partial charge in [0.15, 0.2) is 17.0 Å². The topological polar surface area (TPSA) is 156 Å². The van der Waals surface area contributed by atoms with Crippen molar-refractivity contribution < 1.29 is 32.3 Å². The van der Waals surface area contributed by atoms with Crippen LogP contribution in [0.1, 0.15) is 47.3 Å².